The quantitative estimate of drug-likeness (QED) is 0.525. The highest BCUT2D eigenvalue weighted by Gasteiger charge is 2.13. The van der Waals surface area contributed by atoms with Crippen LogP contribution in [0.3, 0.4) is 0 Å². The summed E-state index contributed by atoms with van der Waals surface area (Å²) in [6.45, 7) is 2.38. The number of carbonyl (C=O) groups is 2. The van der Waals surface area contributed by atoms with Crippen molar-refractivity contribution in [1.82, 2.24) is 5.32 Å². The van der Waals surface area contributed by atoms with Crippen LogP contribution in [0.2, 0.25) is 5.02 Å². The van der Waals surface area contributed by atoms with Crippen molar-refractivity contribution in [2.45, 2.75) is 19.8 Å². The molecule has 0 aliphatic heterocycles. The maximum atomic E-state index is 12.1. The lowest BCUT2D eigenvalue weighted by Crippen LogP contribution is -2.25. The molecule has 0 aliphatic carbocycles. The third-order valence-corrected chi connectivity index (χ3v) is 3.70. The van der Waals surface area contributed by atoms with Gasteiger partial charge in [0, 0.05) is 11.2 Å². The van der Waals surface area contributed by atoms with E-state index in [0.29, 0.717) is 22.9 Å². The van der Waals surface area contributed by atoms with Gasteiger partial charge in [-0.3, -0.25) is 0 Å². The summed E-state index contributed by atoms with van der Waals surface area (Å²) in [4.78, 5) is 24.2. The van der Waals surface area contributed by atoms with Crippen LogP contribution in [0.5, 0.6) is 0 Å². The number of carbonyl (C=O) groups excluding carboxylic acids is 2. The van der Waals surface area contributed by atoms with Gasteiger partial charge in [0.25, 0.3) is 0 Å². The third-order valence-electron chi connectivity index (χ3n) is 3.47. The van der Waals surface area contributed by atoms with Gasteiger partial charge in [0.05, 0.1) is 17.9 Å². The fourth-order valence-electron chi connectivity index (χ4n) is 2.14. The van der Waals surface area contributed by atoms with E-state index >= 15 is 0 Å². The van der Waals surface area contributed by atoms with Gasteiger partial charge in [0.1, 0.15) is 0 Å². The van der Waals surface area contributed by atoms with E-state index in [2.05, 4.69) is 10.6 Å². The van der Waals surface area contributed by atoms with Gasteiger partial charge in [-0.15, -0.1) is 0 Å². The fourth-order valence-corrected chi connectivity index (χ4v) is 2.34. The SMILES string of the molecule is CCCCOC(=O)c1ccccc1NC(=O)N/C=C/c1cccc(Cl)c1. The number of amides is 2. The van der Waals surface area contributed by atoms with E-state index in [1.165, 1.54) is 6.20 Å². The van der Waals surface area contributed by atoms with Crippen LogP contribution in [-0.4, -0.2) is 18.6 Å². The molecular weight excluding hydrogens is 352 g/mol. The Kier molecular flexibility index (Phi) is 7.71. The minimum absolute atomic E-state index is 0.317. The molecule has 5 nitrogen and oxygen atoms in total. The highest BCUT2D eigenvalue weighted by Crippen LogP contribution is 2.16. The zero-order valence-corrected chi connectivity index (χ0v) is 15.3. The van der Waals surface area contributed by atoms with Gasteiger partial charge in [-0.25, -0.2) is 9.59 Å². The van der Waals surface area contributed by atoms with Crippen molar-refractivity contribution in [3.05, 3.63) is 70.9 Å². The lowest BCUT2D eigenvalue weighted by atomic mass is 10.2. The molecule has 2 aromatic rings. The summed E-state index contributed by atoms with van der Waals surface area (Å²) in [7, 11) is 0. The summed E-state index contributed by atoms with van der Waals surface area (Å²) in [5.74, 6) is -0.455. The Morgan fingerprint density at radius 3 is 2.73 bits per heavy atom. The van der Waals surface area contributed by atoms with Crippen molar-refractivity contribution in [2.75, 3.05) is 11.9 Å². The first kappa shape index (κ1) is 19.5. The Hall–Kier alpha value is -2.79. The number of urea groups is 1. The van der Waals surface area contributed by atoms with E-state index < -0.39 is 12.0 Å². The number of anilines is 1. The number of halogens is 1. The van der Waals surface area contributed by atoms with Crippen LogP contribution in [0.1, 0.15) is 35.7 Å². The highest BCUT2D eigenvalue weighted by atomic mass is 35.5. The molecule has 0 radical (unpaired) electrons. The molecule has 6 heteroatoms. The van der Waals surface area contributed by atoms with Crippen LogP contribution in [0.25, 0.3) is 6.08 Å². The summed E-state index contributed by atoms with van der Waals surface area (Å²) in [6, 6.07) is 13.5. The number of benzene rings is 2. The lowest BCUT2D eigenvalue weighted by molar-refractivity contribution is 0.0501. The smallest absolute Gasteiger partial charge is 0.340 e. The van der Waals surface area contributed by atoms with Gasteiger partial charge >= 0.3 is 12.0 Å². The van der Waals surface area contributed by atoms with Crippen molar-refractivity contribution < 1.29 is 14.3 Å². The Labute approximate surface area is 158 Å². The first-order chi connectivity index (χ1) is 12.6. The molecule has 0 bridgehead atoms. The Bertz CT molecular complexity index is 790. The minimum Gasteiger partial charge on any atom is -0.462 e. The van der Waals surface area contributed by atoms with Crippen LogP contribution < -0.4 is 10.6 Å². The van der Waals surface area contributed by atoms with Gasteiger partial charge in [0.2, 0.25) is 0 Å². The number of esters is 1. The summed E-state index contributed by atoms with van der Waals surface area (Å²) in [5, 5.41) is 5.86. The Morgan fingerprint density at radius 1 is 1.15 bits per heavy atom. The molecule has 26 heavy (non-hydrogen) atoms. The average Bonchev–Trinajstić information content (AvgIpc) is 2.62. The van der Waals surface area contributed by atoms with Crippen LogP contribution in [0.15, 0.2) is 54.7 Å². The predicted molar refractivity (Wildman–Crippen MR) is 104 cm³/mol. The summed E-state index contributed by atoms with van der Waals surface area (Å²) in [5.41, 5.74) is 1.57. The normalized spacial score (nSPS) is 10.5. The van der Waals surface area contributed by atoms with E-state index in [1.54, 1.807) is 42.5 Å². The van der Waals surface area contributed by atoms with Crippen LogP contribution in [-0.2, 0) is 4.74 Å². The summed E-state index contributed by atoms with van der Waals surface area (Å²) >= 11 is 5.91. The average molecular weight is 373 g/mol. The van der Waals surface area contributed by atoms with E-state index in [9.17, 15) is 9.59 Å². The van der Waals surface area contributed by atoms with Crippen molar-refractivity contribution in [1.29, 1.82) is 0 Å². The number of nitrogens with one attached hydrogen (secondary N) is 2. The fraction of sp³-hybridized carbons (Fsp3) is 0.200. The zero-order valence-electron chi connectivity index (χ0n) is 14.5. The van der Waals surface area contributed by atoms with Crippen molar-refractivity contribution in [2.24, 2.45) is 0 Å². The molecule has 0 heterocycles. The molecule has 0 saturated carbocycles. The molecule has 0 aromatic heterocycles. The first-order valence-electron chi connectivity index (χ1n) is 8.36. The number of hydrogen-bond donors (Lipinski definition) is 2. The van der Waals surface area contributed by atoms with Gasteiger partial charge in [-0.2, -0.15) is 0 Å². The lowest BCUT2D eigenvalue weighted by Gasteiger charge is -2.10. The van der Waals surface area contributed by atoms with Gasteiger partial charge < -0.3 is 15.4 Å². The standard InChI is InChI=1S/C20H21ClN2O3/c1-2-3-13-26-19(24)17-9-4-5-10-18(17)23-20(25)22-12-11-15-7-6-8-16(21)14-15/h4-12,14H,2-3,13H2,1H3,(H2,22,23,25)/b12-11+. The van der Waals surface area contributed by atoms with Gasteiger partial charge in [0.15, 0.2) is 0 Å². The molecule has 0 aliphatic rings. The maximum absolute atomic E-state index is 12.1. The van der Waals surface area contributed by atoms with E-state index in [-0.39, 0.29) is 0 Å². The van der Waals surface area contributed by atoms with Crippen molar-refractivity contribution >= 4 is 35.4 Å². The molecule has 136 valence electrons. The van der Waals surface area contributed by atoms with Crippen LogP contribution in [0.4, 0.5) is 10.5 Å². The molecule has 0 saturated heterocycles. The second-order valence-electron chi connectivity index (χ2n) is 5.52. The molecule has 0 unspecified atom stereocenters. The van der Waals surface area contributed by atoms with Crippen molar-refractivity contribution in [3.63, 3.8) is 0 Å². The Balaban J connectivity index is 1.95. The molecule has 0 fully saturated rings. The molecule has 2 rings (SSSR count). The van der Waals surface area contributed by atoms with Gasteiger partial charge in [-0.1, -0.05) is 49.2 Å². The molecule has 0 spiro atoms. The van der Waals surface area contributed by atoms with E-state index in [0.717, 1.165) is 18.4 Å². The minimum atomic E-state index is -0.461. The van der Waals surface area contributed by atoms with Crippen LogP contribution in [0, 0.1) is 0 Å². The number of para-hydroxylation sites is 1. The first-order valence-corrected chi connectivity index (χ1v) is 8.73. The summed E-state index contributed by atoms with van der Waals surface area (Å²) < 4.78 is 5.20. The third kappa shape index (κ3) is 6.26. The molecule has 2 aromatic carbocycles. The monoisotopic (exact) mass is 372 g/mol. The van der Waals surface area contributed by atoms with Gasteiger partial charge in [-0.05, 0) is 42.3 Å². The number of hydrogen-bond acceptors (Lipinski definition) is 3. The molecular formula is C20H21ClN2O3. The zero-order chi connectivity index (χ0) is 18.8. The molecule has 2 amide bonds. The molecule has 2 N–H and O–H groups in total. The molecule has 0 atom stereocenters. The number of unbranched alkanes of at least 4 members (excludes halogenated alkanes) is 1. The number of ether oxygens (including phenoxy) is 1. The van der Waals surface area contributed by atoms with Crippen molar-refractivity contribution in [3.8, 4) is 0 Å². The van der Waals surface area contributed by atoms with Crippen LogP contribution >= 0.6 is 11.6 Å². The highest BCUT2D eigenvalue weighted by molar-refractivity contribution is 6.30. The Morgan fingerprint density at radius 2 is 1.96 bits per heavy atom. The largest absolute Gasteiger partial charge is 0.462 e. The van der Waals surface area contributed by atoms with E-state index in [1.807, 2.05) is 19.1 Å². The topological polar surface area (TPSA) is 67.4 Å². The maximum Gasteiger partial charge on any atom is 0.340 e. The number of rotatable bonds is 7. The second kappa shape index (κ2) is 10.3. The second-order valence-corrected chi connectivity index (χ2v) is 5.96. The van der Waals surface area contributed by atoms with E-state index in [4.69, 9.17) is 16.3 Å². The predicted octanol–water partition coefficient (Wildman–Crippen LogP) is 5.09. The summed E-state index contributed by atoms with van der Waals surface area (Å²) in [6.07, 6.45) is 4.96.